The van der Waals surface area contributed by atoms with E-state index < -0.39 is 0 Å². The first-order valence-electron chi connectivity index (χ1n) is 6.43. The monoisotopic (exact) mass is 347 g/mol. The molecule has 0 bridgehead atoms. The second-order valence-electron chi connectivity index (χ2n) is 4.56. The Kier molecular flexibility index (Phi) is 3.74. The predicted octanol–water partition coefficient (Wildman–Crippen LogP) is 2.82. The summed E-state index contributed by atoms with van der Waals surface area (Å²) in [5, 5.41) is 15.7. The highest BCUT2D eigenvalue weighted by atomic mass is 79.9. The topological polar surface area (TPSA) is 64.3 Å². The van der Waals surface area contributed by atoms with E-state index in [0.29, 0.717) is 6.54 Å². The lowest BCUT2D eigenvalue weighted by Gasteiger charge is -2.08. The van der Waals surface area contributed by atoms with E-state index in [4.69, 9.17) is 4.74 Å². The van der Waals surface area contributed by atoms with Crippen LogP contribution in [0, 0.1) is 6.92 Å². The van der Waals surface area contributed by atoms with Crippen molar-refractivity contribution in [1.29, 1.82) is 0 Å². The number of halogens is 1. The highest BCUT2D eigenvalue weighted by Gasteiger charge is 2.04. The maximum absolute atomic E-state index is 5.22. The number of nitrogens with one attached hydrogen (secondary N) is 1. The van der Waals surface area contributed by atoms with Crippen LogP contribution in [0.1, 0.15) is 11.4 Å². The molecule has 2 heterocycles. The van der Waals surface area contributed by atoms with Crippen molar-refractivity contribution in [1.82, 2.24) is 19.8 Å². The molecule has 1 aromatic carbocycles. The van der Waals surface area contributed by atoms with E-state index in [-0.39, 0.29) is 0 Å². The van der Waals surface area contributed by atoms with Crippen LogP contribution in [-0.2, 0) is 6.54 Å². The van der Waals surface area contributed by atoms with Crippen LogP contribution in [0.3, 0.4) is 0 Å². The van der Waals surface area contributed by atoms with Gasteiger partial charge < -0.3 is 10.1 Å². The quantitative estimate of drug-likeness (QED) is 0.786. The number of aryl methyl sites for hydroxylation is 1. The van der Waals surface area contributed by atoms with E-state index in [1.165, 1.54) is 0 Å². The van der Waals surface area contributed by atoms with Crippen LogP contribution < -0.4 is 10.1 Å². The molecule has 0 aliphatic rings. The Labute approximate surface area is 130 Å². The van der Waals surface area contributed by atoms with Gasteiger partial charge >= 0.3 is 0 Å². The fraction of sp³-hybridized carbons (Fsp3) is 0.214. The smallest absolute Gasteiger partial charge is 0.178 e. The Balaban J connectivity index is 1.76. The molecule has 3 rings (SSSR count). The maximum Gasteiger partial charge on any atom is 0.178 e. The van der Waals surface area contributed by atoms with Crippen molar-refractivity contribution in [3.8, 4) is 5.75 Å². The first-order valence-corrected chi connectivity index (χ1v) is 7.22. The molecule has 0 fully saturated rings. The SMILES string of the molecule is COc1ccc(CNc2ccc3nnc(C)n3n2)cc1Br. The van der Waals surface area contributed by atoms with Gasteiger partial charge in [-0.2, -0.15) is 4.52 Å². The van der Waals surface area contributed by atoms with Gasteiger partial charge in [-0.25, -0.2) is 0 Å². The molecule has 2 aromatic heterocycles. The third-order valence-corrected chi connectivity index (χ3v) is 3.73. The second-order valence-corrected chi connectivity index (χ2v) is 5.41. The summed E-state index contributed by atoms with van der Waals surface area (Å²) >= 11 is 3.48. The van der Waals surface area contributed by atoms with E-state index in [1.54, 1.807) is 11.6 Å². The van der Waals surface area contributed by atoms with Gasteiger partial charge in [0.2, 0.25) is 0 Å². The first kappa shape index (κ1) is 13.8. The highest BCUT2D eigenvalue weighted by Crippen LogP contribution is 2.25. The average Bonchev–Trinajstić information content (AvgIpc) is 2.86. The molecule has 0 saturated heterocycles. The maximum atomic E-state index is 5.22. The van der Waals surface area contributed by atoms with Crippen molar-refractivity contribution < 1.29 is 4.74 Å². The lowest BCUT2D eigenvalue weighted by molar-refractivity contribution is 0.412. The number of nitrogens with zero attached hydrogens (tertiary/aromatic N) is 4. The minimum atomic E-state index is 0.669. The van der Waals surface area contributed by atoms with Gasteiger partial charge in [-0.1, -0.05) is 6.07 Å². The Morgan fingerprint density at radius 2 is 2.10 bits per heavy atom. The summed E-state index contributed by atoms with van der Waals surface area (Å²) in [5.74, 6) is 2.36. The summed E-state index contributed by atoms with van der Waals surface area (Å²) in [6.45, 7) is 2.54. The number of hydrogen-bond donors (Lipinski definition) is 1. The molecule has 0 spiro atoms. The number of ether oxygens (including phenoxy) is 1. The predicted molar refractivity (Wildman–Crippen MR) is 83.5 cm³/mol. The van der Waals surface area contributed by atoms with Crippen molar-refractivity contribution in [3.63, 3.8) is 0 Å². The molecule has 0 amide bonds. The molecule has 7 heteroatoms. The summed E-state index contributed by atoms with van der Waals surface area (Å²) in [7, 11) is 1.65. The normalized spacial score (nSPS) is 10.8. The van der Waals surface area contributed by atoms with Crippen LogP contribution >= 0.6 is 15.9 Å². The van der Waals surface area contributed by atoms with E-state index in [0.717, 1.165) is 33.1 Å². The van der Waals surface area contributed by atoms with Crippen molar-refractivity contribution in [2.45, 2.75) is 13.5 Å². The molecule has 0 saturated carbocycles. The molecule has 0 aliphatic heterocycles. The Morgan fingerprint density at radius 3 is 2.86 bits per heavy atom. The van der Waals surface area contributed by atoms with E-state index in [9.17, 15) is 0 Å². The van der Waals surface area contributed by atoms with Gasteiger partial charge in [-0.05, 0) is 52.7 Å². The van der Waals surface area contributed by atoms with Crippen LogP contribution in [0.25, 0.3) is 5.65 Å². The summed E-state index contributed by atoms with van der Waals surface area (Å²) < 4.78 is 7.87. The fourth-order valence-electron chi connectivity index (χ4n) is 2.00. The minimum absolute atomic E-state index is 0.669. The molecule has 0 aliphatic carbocycles. The number of anilines is 1. The van der Waals surface area contributed by atoms with Gasteiger partial charge in [0.1, 0.15) is 11.6 Å². The standard InChI is InChI=1S/C14H14BrN5O/c1-9-17-18-14-6-5-13(19-20(9)14)16-8-10-3-4-12(21-2)11(15)7-10/h3-7H,8H2,1-2H3,(H,16,19). The van der Waals surface area contributed by atoms with Crippen LogP contribution in [0.2, 0.25) is 0 Å². The highest BCUT2D eigenvalue weighted by molar-refractivity contribution is 9.10. The molecular formula is C14H14BrN5O. The van der Waals surface area contributed by atoms with Gasteiger partial charge in [-0.15, -0.1) is 15.3 Å². The molecule has 0 radical (unpaired) electrons. The number of fused-ring (bicyclic) bond motifs is 1. The third kappa shape index (κ3) is 2.82. The van der Waals surface area contributed by atoms with Crippen molar-refractivity contribution in [3.05, 3.63) is 46.2 Å². The molecule has 108 valence electrons. The van der Waals surface area contributed by atoms with E-state index in [1.807, 2.05) is 37.3 Å². The van der Waals surface area contributed by atoms with Crippen LogP contribution in [0.15, 0.2) is 34.8 Å². The van der Waals surface area contributed by atoms with Crippen molar-refractivity contribution in [2.24, 2.45) is 0 Å². The molecule has 3 aromatic rings. The van der Waals surface area contributed by atoms with Crippen LogP contribution in [0.4, 0.5) is 5.82 Å². The number of rotatable bonds is 4. The van der Waals surface area contributed by atoms with E-state index >= 15 is 0 Å². The zero-order chi connectivity index (χ0) is 14.8. The molecule has 0 atom stereocenters. The minimum Gasteiger partial charge on any atom is -0.496 e. The van der Waals surface area contributed by atoms with Gasteiger partial charge in [0.05, 0.1) is 11.6 Å². The van der Waals surface area contributed by atoms with Gasteiger partial charge in [0.25, 0.3) is 0 Å². The van der Waals surface area contributed by atoms with Crippen LogP contribution in [0.5, 0.6) is 5.75 Å². The molecular weight excluding hydrogens is 334 g/mol. The zero-order valence-corrected chi connectivity index (χ0v) is 13.3. The molecule has 0 unspecified atom stereocenters. The molecule has 1 N–H and O–H groups in total. The Morgan fingerprint density at radius 1 is 1.24 bits per heavy atom. The summed E-state index contributed by atoms with van der Waals surface area (Å²) in [5.41, 5.74) is 1.87. The Bertz CT molecular complexity index is 786. The number of methoxy groups -OCH3 is 1. The average molecular weight is 348 g/mol. The van der Waals surface area contributed by atoms with Crippen molar-refractivity contribution >= 4 is 27.4 Å². The fourth-order valence-corrected chi connectivity index (χ4v) is 2.59. The largest absolute Gasteiger partial charge is 0.496 e. The summed E-state index contributed by atoms with van der Waals surface area (Å²) in [6, 6.07) is 9.75. The molecule has 21 heavy (non-hydrogen) atoms. The zero-order valence-electron chi connectivity index (χ0n) is 11.7. The van der Waals surface area contributed by atoms with Gasteiger partial charge in [0, 0.05) is 6.54 Å². The van der Waals surface area contributed by atoms with Gasteiger partial charge in [0.15, 0.2) is 11.5 Å². The first-order chi connectivity index (χ1) is 10.2. The number of hydrogen-bond acceptors (Lipinski definition) is 5. The van der Waals surface area contributed by atoms with Crippen molar-refractivity contribution in [2.75, 3.05) is 12.4 Å². The van der Waals surface area contributed by atoms with E-state index in [2.05, 4.69) is 36.5 Å². The number of aromatic nitrogens is 4. The second kappa shape index (κ2) is 5.69. The Hall–Kier alpha value is -2.15. The lowest BCUT2D eigenvalue weighted by atomic mass is 10.2. The summed E-state index contributed by atoms with van der Waals surface area (Å²) in [6.07, 6.45) is 0. The molecule has 6 nitrogen and oxygen atoms in total. The lowest BCUT2D eigenvalue weighted by Crippen LogP contribution is -2.05. The number of benzene rings is 1. The van der Waals surface area contributed by atoms with Gasteiger partial charge in [-0.3, -0.25) is 0 Å². The summed E-state index contributed by atoms with van der Waals surface area (Å²) in [4.78, 5) is 0. The third-order valence-electron chi connectivity index (χ3n) is 3.11. The van der Waals surface area contributed by atoms with Crippen LogP contribution in [-0.4, -0.2) is 26.9 Å².